The molecule has 3 nitrogen and oxygen atoms in total. The van der Waals surface area contributed by atoms with Gasteiger partial charge in [0.1, 0.15) is 5.82 Å². The second kappa shape index (κ2) is 7.32. The molecule has 0 aliphatic heterocycles. The molecule has 23 heavy (non-hydrogen) atoms. The number of rotatable bonds is 4. The number of benzene rings is 1. The summed E-state index contributed by atoms with van der Waals surface area (Å²) in [7, 11) is 0. The summed E-state index contributed by atoms with van der Waals surface area (Å²) in [5.74, 6) is -0.280. The molecule has 1 aliphatic carbocycles. The summed E-state index contributed by atoms with van der Waals surface area (Å²) in [6, 6.07) is 6.79. The van der Waals surface area contributed by atoms with Crippen molar-refractivity contribution in [3.8, 4) is 11.1 Å². The molecular weight excluding hydrogens is 313 g/mol. The maximum atomic E-state index is 14.2. The second-order valence-electron chi connectivity index (χ2n) is 6.05. The Hall–Kier alpha value is -1.59. The minimum Gasteiger partial charge on any atom is -0.772 e. The molecule has 0 saturated heterocycles. The summed E-state index contributed by atoms with van der Waals surface area (Å²) >= 11 is -2.29. The van der Waals surface area contributed by atoms with Crippen LogP contribution >= 0.6 is 0 Å². The third-order valence-corrected chi connectivity index (χ3v) is 5.08. The highest BCUT2D eigenvalue weighted by Crippen LogP contribution is 2.37. The van der Waals surface area contributed by atoms with Gasteiger partial charge in [0.15, 0.2) is 0 Å². The molecule has 3 rings (SSSR count). The summed E-state index contributed by atoms with van der Waals surface area (Å²) in [5, 5.41) is 0. The van der Waals surface area contributed by atoms with E-state index in [0.717, 1.165) is 24.0 Å². The van der Waals surface area contributed by atoms with Gasteiger partial charge in [0.25, 0.3) is 0 Å². The fourth-order valence-electron chi connectivity index (χ4n) is 3.37. The molecule has 1 aliphatic rings. The maximum absolute atomic E-state index is 14.2. The van der Waals surface area contributed by atoms with Crippen LogP contribution in [-0.2, 0) is 16.8 Å². The maximum Gasteiger partial charge on any atom is 0.127 e. The SMILES string of the molecule is O=S([O-])Cc1ccc(-c2cnccc2C2CCCCC2)cc1F. The average Bonchev–Trinajstić information content (AvgIpc) is 2.57. The van der Waals surface area contributed by atoms with E-state index in [1.165, 1.54) is 30.9 Å². The zero-order chi connectivity index (χ0) is 16.2. The van der Waals surface area contributed by atoms with E-state index in [9.17, 15) is 13.2 Å². The summed E-state index contributed by atoms with van der Waals surface area (Å²) in [6.45, 7) is 0. The van der Waals surface area contributed by atoms with Crippen molar-refractivity contribution in [3.63, 3.8) is 0 Å². The average molecular weight is 332 g/mol. The smallest absolute Gasteiger partial charge is 0.127 e. The fraction of sp³-hybridized carbons (Fsp3) is 0.389. The van der Waals surface area contributed by atoms with Crippen molar-refractivity contribution in [1.82, 2.24) is 4.98 Å². The minimum absolute atomic E-state index is 0.199. The highest BCUT2D eigenvalue weighted by Gasteiger charge is 2.19. The lowest BCUT2D eigenvalue weighted by atomic mass is 9.81. The van der Waals surface area contributed by atoms with Gasteiger partial charge in [0.05, 0.1) is 0 Å². The first-order valence-electron chi connectivity index (χ1n) is 7.93. The van der Waals surface area contributed by atoms with Gasteiger partial charge in [0, 0.05) is 23.7 Å². The number of hydrogen-bond donors (Lipinski definition) is 0. The van der Waals surface area contributed by atoms with Crippen LogP contribution in [0.5, 0.6) is 0 Å². The number of aromatic nitrogens is 1. The standard InChI is InChI=1S/C18H20FNO2S/c19-18-10-14(6-7-15(18)12-23(21)22)17-11-20-9-8-16(17)13-4-2-1-3-5-13/h6-11,13H,1-5,12H2,(H,21,22)/p-1. The molecule has 0 N–H and O–H groups in total. The van der Waals surface area contributed by atoms with Gasteiger partial charge in [-0.2, -0.15) is 0 Å². The predicted molar refractivity (Wildman–Crippen MR) is 88.1 cm³/mol. The number of nitrogens with zero attached hydrogens (tertiary/aromatic N) is 1. The summed E-state index contributed by atoms with van der Waals surface area (Å²) in [4.78, 5) is 4.20. The molecule has 0 radical (unpaired) electrons. The van der Waals surface area contributed by atoms with Crippen molar-refractivity contribution < 1.29 is 13.2 Å². The Kier molecular flexibility index (Phi) is 5.18. The number of pyridine rings is 1. The van der Waals surface area contributed by atoms with E-state index in [1.54, 1.807) is 24.5 Å². The third kappa shape index (κ3) is 3.85. The normalized spacial score (nSPS) is 17.1. The number of halogens is 1. The van der Waals surface area contributed by atoms with Gasteiger partial charge in [-0.15, -0.1) is 0 Å². The van der Waals surface area contributed by atoms with Crippen molar-refractivity contribution >= 4 is 11.1 Å². The Morgan fingerprint density at radius 3 is 2.70 bits per heavy atom. The van der Waals surface area contributed by atoms with Gasteiger partial charge in [-0.3, -0.25) is 9.19 Å². The van der Waals surface area contributed by atoms with Crippen LogP contribution < -0.4 is 0 Å². The topological polar surface area (TPSA) is 53.0 Å². The van der Waals surface area contributed by atoms with E-state index < -0.39 is 16.9 Å². The van der Waals surface area contributed by atoms with Gasteiger partial charge in [0.2, 0.25) is 0 Å². The fourth-order valence-corrected chi connectivity index (χ4v) is 3.86. The summed E-state index contributed by atoms with van der Waals surface area (Å²) < 4.78 is 35.7. The molecule has 1 aromatic carbocycles. The van der Waals surface area contributed by atoms with Crippen molar-refractivity contribution in [2.75, 3.05) is 0 Å². The first-order chi connectivity index (χ1) is 11.1. The van der Waals surface area contributed by atoms with Crippen LogP contribution in [0.2, 0.25) is 0 Å². The van der Waals surface area contributed by atoms with E-state index in [4.69, 9.17) is 0 Å². The molecule has 2 aromatic rings. The lowest BCUT2D eigenvalue weighted by Gasteiger charge is -2.24. The summed E-state index contributed by atoms with van der Waals surface area (Å²) in [5.41, 5.74) is 3.13. The van der Waals surface area contributed by atoms with Crippen LogP contribution in [0.3, 0.4) is 0 Å². The molecule has 1 saturated carbocycles. The highest BCUT2D eigenvalue weighted by molar-refractivity contribution is 7.78. The predicted octanol–water partition coefficient (Wildman–Crippen LogP) is 4.31. The summed E-state index contributed by atoms with van der Waals surface area (Å²) in [6.07, 6.45) is 9.64. The largest absolute Gasteiger partial charge is 0.772 e. The first-order valence-corrected chi connectivity index (χ1v) is 9.18. The van der Waals surface area contributed by atoms with Crippen molar-refractivity contribution in [3.05, 3.63) is 53.6 Å². The molecular formula is C18H19FNO2S-. The molecule has 1 heterocycles. The lowest BCUT2D eigenvalue weighted by Crippen LogP contribution is -2.06. The van der Waals surface area contributed by atoms with E-state index >= 15 is 0 Å². The van der Waals surface area contributed by atoms with E-state index in [2.05, 4.69) is 4.98 Å². The quantitative estimate of drug-likeness (QED) is 0.784. The second-order valence-corrected chi connectivity index (χ2v) is 6.95. The van der Waals surface area contributed by atoms with Gasteiger partial charge in [-0.1, -0.05) is 42.5 Å². The van der Waals surface area contributed by atoms with Gasteiger partial charge >= 0.3 is 0 Å². The first kappa shape index (κ1) is 16.3. The van der Waals surface area contributed by atoms with Crippen LogP contribution in [0.1, 0.15) is 49.1 Å². The molecule has 1 fully saturated rings. The Balaban J connectivity index is 1.95. The highest BCUT2D eigenvalue weighted by atomic mass is 32.2. The number of hydrogen-bond acceptors (Lipinski definition) is 3. The van der Waals surface area contributed by atoms with Crippen LogP contribution in [0, 0.1) is 5.82 Å². The van der Waals surface area contributed by atoms with Gasteiger partial charge in [-0.25, -0.2) is 4.39 Å². The lowest BCUT2D eigenvalue weighted by molar-refractivity contribution is 0.444. The molecule has 0 bridgehead atoms. The van der Waals surface area contributed by atoms with Crippen LogP contribution in [0.25, 0.3) is 11.1 Å². The zero-order valence-corrected chi connectivity index (χ0v) is 13.7. The Morgan fingerprint density at radius 2 is 2.00 bits per heavy atom. The van der Waals surface area contributed by atoms with Crippen molar-refractivity contribution in [2.45, 2.75) is 43.8 Å². The van der Waals surface area contributed by atoms with E-state index in [-0.39, 0.29) is 11.3 Å². The molecule has 122 valence electrons. The molecule has 0 spiro atoms. The van der Waals surface area contributed by atoms with Crippen LogP contribution in [0.4, 0.5) is 4.39 Å². The molecule has 1 aromatic heterocycles. The Morgan fingerprint density at radius 1 is 1.22 bits per heavy atom. The van der Waals surface area contributed by atoms with Crippen molar-refractivity contribution in [1.29, 1.82) is 0 Å². The monoisotopic (exact) mass is 332 g/mol. The third-order valence-electron chi connectivity index (χ3n) is 4.54. The van der Waals surface area contributed by atoms with Crippen LogP contribution in [-0.4, -0.2) is 13.7 Å². The van der Waals surface area contributed by atoms with Crippen LogP contribution in [0.15, 0.2) is 36.7 Å². The Labute approximate surface area is 138 Å². The minimum atomic E-state index is -2.29. The Bertz CT molecular complexity index is 714. The molecule has 5 heteroatoms. The van der Waals surface area contributed by atoms with Gasteiger partial charge in [-0.05, 0) is 47.6 Å². The molecule has 1 atom stereocenters. The zero-order valence-electron chi connectivity index (χ0n) is 12.8. The molecule has 1 unspecified atom stereocenters. The van der Waals surface area contributed by atoms with E-state index in [0.29, 0.717) is 5.92 Å². The van der Waals surface area contributed by atoms with Gasteiger partial charge < -0.3 is 4.55 Å². The van der Waals surface area contributed by atoms with Crippen molar-refractivity contribution in [2.24, 2.45) is 0 Å². The molecule has 0 amide bonds. The van der Waals surface area contributed by atoms with E-state index in [1.807, 2.05) is 6.07 Å².